The van der Waals surface area contributed by atoms with Gasteiger partial charge in [0.1, 0.15) is 5.75 Å². The first-order valence-electron chi connectivity index (χ1n) is 7.43. The van der Waals surface area contributed by atoms with Crippen molar-refractivity contribution in [2.45, 2.75) is 12.8 Å². The summed E-state index contributed by atoms with van der Waals surface area (Å²) in [6.45, 7) is 0.916. The van der Waals surface area contributed by atoms with E-state index in [0.29, 0.717) is 5.75 Å². The number of hydrazone groups is 1. The second-order valence-electron chi connectivity index (χ2n) is 5.41. The summed E-state index contributed by atoms with van der Waals surface area (Å²) < 4.78 is 1.08. The van der Waals surface area contributed by atoms with Crippen LogP contribution in [0.2, 0.25) is 0 Å². The Morgan fingerprint density at radius 3 is 2.82 bits per heavy atom. The van der Waals surface area contributed by atoms with Crippen LogP contribution in [0.15, 0.2) is 53.6 Å². The summed E-state index contributed by atoms with van der Waals surface area (Å²) in [6, 6.07) is 16.3. The molecule has 0 bridgehead atoms. The Labute approximate surface area is 133 Å². The van der Waals surface area contributed by atoms with Gasteiger partial charge in [-0.05, 0) is 36.6 Å². The summed E-state index contributed by atoms with van der Waals surface area (Å²) in [5, 5.41) is 17.9. The highest BCUT2D eigenvalue weighted by atomic mass is 32.1. The van der Waals surface area contributed by atoms with Crippen LogP contribution in [-0.2, 0) is 6.42 Å². The van der Waals surface area contributed by atoms with Crippen molar-refractivity contribution in [3.8, 4) is 5.75 Å². The number of anilines is 1. The minimum absolute atomic E-state index is 0.328. The van der Waals surface area contributed by atoms with Crippen molar-refractivity contribution in [2.24, 2.45) is 5.10 Å². The first kappa shape index (κ1) is 13.3. The fourth-order valence-corrected chi connectivity index (χ4v) is 3.86. The van der Waals surface area contributed by atoms with E-state index in [0.717, 1.165) is 34.3 Å². The summed E-state index contributed by atoms with van der Waals surface area (Å²) in [5.74, 6) is 0.328. The normalized spacial score (nSPS) is 14.6. The van der Waals surface area contributed by atoms with Crippen LogP contribution in [0, 0.1) is 0 Å². The Morgan fingerprint density at radius 2 is 1.91 bits per heavy atom. The van der Waals surface area contributed by atoms with E-state index < -0.39 is 0 Å². The van der Waals surface area contributed by atoms with Gasteiger partial charge in [0.2, 0.25) is 0 Å². The van der Waals surface area contributed by atoms with E-state index in [4.69, 9.17) is 0 Å². The standard InChI is InChI=1S/C18H16N2OS/c21-18-14-8-2-4-10-16(14)22-17(18)12-19-20-11-5-7-13-6-1-3-9-15(13)20/h1-4,6,8-10,12,21H,5,7,11H2/b19-12+. The first-order chi connectivity index (χ1) is 10.8. The Kier molecular flexibility index (Phi) is 3.31. The van der Waals surface area contributed by atoms with Crippen molar-refractivity contribution in [3.05, 3.63) is 59.0 Å². The monoisotopic (exact) mass is 308 g/mol. The lowest BCUT2D eigenvalue weighted by atomic mass is 10.0. The third-order valence-electron chi connectivity index (χ3n) is 4.00. The first-order valence-corrected chi connectivity index (χ1v) is 8.24. The number of hydrogen-bond donors (Lipinski definition) is 1. The molecule has 4 rings (SSSR count). The van der Waals surface area contributed by atoms with Crippen molar-refractivity contribution in [1.29, 1.82) is 0 Å². The third-order valence-corrected chi connectivity index (χ3v) is 5.09. The molecule has 0 unspecified atom stereocenters. The van der Waals surface area contributed by atoms with Crippen LogP contribution in [0.4, 0.5) is 5.69 Å². The zero-order valence-electron chi connectivity index (χ0n) is 12.1. The number of aromatic hydroxyl groups is 1. The quantitative estimate of drug-likeness (QED) is 0.713. The average molecular weight is 308 g/mol. The maximum Gasteiger partial charge on any atom is 0.143 e. The average Bonchev–Trinajstić information content (AvgIpc) is 2.89. The number of aryl methyl sites for hydroxylation is 1. The lowest BCUT2D eigenvalue weighted by molar-refractivity contribution is 0.483. The molecule has 1 N–H and O–H groups in total. The molecule has 0 amide bonds. The fraction of sp³-hybridized carbons (Fsp3) is 0.167. The summed E-state index contributed by atoms with van der Waals surface area (Å²) in [4.78, 5) is 0.809. The lowest BCUT2D eigenvalue weighted by Crippen LogP contribution is -2.23. The Hall–Kier alpha value is -2.33. The van der Waals surface area contributed by atoms with Gasteiger partial charge in [0.15, 0.2) is 0 Å². The molecular weight excluding hydrogens is 292 g/mol. The summed E-state index contributed by atoms with van der Waals surface area (Å²) in [5.41, 5.74) is 2.51. The van der Waals surface area contributed by atoms with Crippen LogP contribution >= 0.6 is 11.3 Å². The molecular formula is C18H16N2OS. The molecule has 22 heavy (non-hydrogen) atoms. The van der Waals surface area contributed by atoms with Gasteiger partial charge in [0.05, 0.1) is 16.8 Å². The molecule has 0 aliphatic carbocycles. The maximum atomic E-state index is 10.3. The second-order valence-corrected chi connectivity index (χ2v) is 6.49. The molecule has 3 nitrogen and oxygen atoms in total. The summed E-state index contributed by atoms with van der Waals surface area (Å²) in [7, 11) is 0. The van der Waals surface area contributed by atoms with E-state index >= 15 is 0 Å². The molecule has 4 heteroatoms. The van der Waals surface area contributed by atoms with E-state index in [1.54, 1.807) is 17.6 Å². The summed E-state index contributed by atoms with van der Waals surface area (Å²) >= 11 is 1.57. The van der Waals surface area contributed by atoms with E-state index in [1.165, 1.54) is 11.3 Å². The molecule has 0 saturated heterocycles. The van der Waals surface area contributed by atoms with Gasteiger partial charge in [-0.1, -0.05) is 30.3 Å². The zero-order valence-corrected chi connectivity index (χ0v) is 12.9. The predicted octanol–water partition coefficient (Wildman–Crippen LogP) is 4.39. The highest BCUT2D eigenvalue weighted by Crippen LogP contribution is 2.35. The Balaban J connectivity index is 1.68. The van der Waals surface area contributed by atoms with Gasteiger partial charge in [-0.3, -0.25) is 5.01 Å². The van der Waals surface area contributed by atoms with Crippen molar-refractivity contribution < 1.29 is 5.11 Å². The molecule has 1 aliphatic rings. The highest BCUT2D eigenvalue weighted by Gasteiger charge is 2.15. The lowest BCUT2D eigenvalue weighted by Gasteiger charge is -2.26. The van der Waals surface area contributed by atoms with E-state index in [9.17, 15) is 5.11 Å². The van der Waals surface area contributed by atoms with E-state index in [1.807, 2.05) is 35.3 Å². The molecule has 2 aromatic carbocycles. The minimum Gasteiger partial charge on any atom is -0.506 e. The zero-order chi connectivity index (χ0) is 14.9. The molecule has 2 heterocycles. The maximum absolute atomic E-state index is 10.3. The van der Waals surface area contributed by atoms with Crippen LogP contribution in [0.5, 0.6) is 5.75 Å². The van der Waals surface area contributed by atoms with Crippen molar-refractivity contribution >= 4 is 33.3 Å². The molecule has 0 spiro atoms. The van der Waals surface area contributed by atoms with Crippen LogP contribution < -0.4 is 5.01 Å². The molecule has 0 fully saturated rings. The van der Waals surface area contributed by atoms with Gasteiger partial charge in [0, 0.05) is 16.6 Å². The van der Waals surface area contributed by atoms with Gasteiger partial charge in [0.25, 0.3) is 0 Å². The molecule has 1 aliphatic heterocycles. The number of rotatable bonds is 2. The molecule has 3 aromatic rings. The van der Waals surface area contributed by atoms with Crippen molar-refractivity contribution in [1.82, 2.24) is 0 Å². The molecule has 0 radical (unpaired) electrons. The topological polar surface area (TPSA) is 35.8 Å². The van der Waals surface area contributed by atoms with Crippen LogP contribution in [0.1, 0.15) is 16.9 Å². The Morgan fingerprint density at radius 1 is 1.09 bits per heavy atom. The number of benzene rings is 2. The number of nitrogens with zero attached hydrogens (tertiary/aromatic N) is 2. The third kappa shape index (κ3) is 2.25. The number of hydrogen-bond acceptors (Lipinski definition) is 4. The van der Waals surface area contributed by atoms with Gasteiger partial charge in [-0.15, -0.1) is 11.3 Å². The largest absolute Gasteiger partial charge is 0.506 e. The fourth-order valence-electron chi connectivity index (χ4n) is 2.89. The van der Waals surface area contributed by atoms with Crippen LogP contribution in [-0.4, -0.2) is 17.9 Å². The second kappa shape index (κ2) is 5.46. The van der Waals surface area contributed by atoms with E-state index in [2.05, 4.69) is 23.3 Å². The highest BCUT2D eigenvalue weighted by molar-refractivity contribution is 7.21. The number of para-hydroxylation sites is 1. The van der Waals surface area contributed by atoms with Gasteiger partial charge >= 0.3 is 0 Å². The number of fused-ring (bicyclic) bond motifs is 2. The van der Waals surface area contributed by atoms with Crippen LogP contribution in [0.25, 0.3) is 10.1 Å². The van der Waals surface area contributed by atoms with Gasteiger partial charge in [-0.25, -0.2) is 0 Å². The van der Waals surface area contributed by atoms with Crippen molar-refractivity contribution in [2.75, 3.05) is 11.6 Å². The summed E-state index contributed by atoms with van der Waals surface area (Å²) in [6.07, 6.45) is 3.99. The predicted molar refractivity (Wildman–Crippen MR) is 93.2 cm³/mol. The Bertz CT molecular complexity index is 853. The SMILES string of the molecule is Oc1c(/C=N/N2CCCc3ccccc32)sc2ccccc12. The van der Waals surface area contributed by atoms with E-state index in [-0.39, 0.29) is 0 Å². The van der Waals surface area contributed by atoms with Crippen molar-refractivity contribution in [3.63, 3.8) is 0 Å². The van der Waals surface area contributed by atoms with Crippen LogP contribution in [0.3, 0.4) is 0 Å². The smallest absolute Gasteiger partial charge is 0.143 e. The minimum atomic E-state index is 0.328. The molecule has 0 atom stereocenters. The molecule has 0 saturated carbocycles. The molecule has 110 valence electrons. The van der Waals surface area contributed by atoms with Gasteiger partial charge < -0.3 is 5.11 Å². The number of thiophene rings is 1. The molecule has 1 aromatic heterocycles. The van der Waals surface area contributed by atoms with Gasteiger partial charge in [-0.2, -0.15) is 5.10 Å².